The van der Waals surface area contributed by atoms with Crippen molar-refractivity contribution in [1.29, 1.82) is 0 Å². The molecule has 1 aromatic heterocycles. The molecule has 2 aromatic rings. The molecule has 0 aliphatic carbocycles. The second kappa shape index (κ2) is 5.42. The highest BCUT2D eigenvalue weighted by Crippen LogP contribution is 2.24. The molecule has 1 atom stereocenters. The fraction of sp³-hybridized carbons (Fsp3) is 0.273. The molecule has 2 rings (SSSR count). The number of thioether (sulfide) groups is 1. The molecule has 0 saturated carbocycles. The Balaban J connectivity index is 2.13. The summed E-state index contributed by atoms with van der Waals surface area (Å²) in [4.78, 5) is 1.17. The van der Waals surface area contributed by atoms with Crippen molar-refractivity contribution in [3.05, 3.63) is 30.2 Å². The lowest BCUT2D eigenvalue weighted by atomic mass is 10.3. The number of anilines is 2. The molecule has 1 unspecified atom stereocenters. The van der Waals surface area contributed by atoms with Crippen molar-refractivity contribution in [3.8, 4) is 0 Å². The summed E-state index contributed by atoms with van der Waals surface area (Å²) >= 11 is 7.52. The molecular formula is C11H12ClN3OS. The molecule has 4 nitrogen and oxygen atoms in total. The van der Waals surface area contributed by atoms with Gasteiger partial charge < -0.3 is 9.73 Å². The number of aromatic nitrogens is 2. The van der Waals surface area contributed by atoms with Crippen molar-refractivity contribution in [1.82, 2.24) is 10.2 Å². The van der Waals surface area contributed by atoms with E-state index >= 15 is 0 Å². The van der Waals surface area contributed by atoms with Crippen LogP contribution in [0.25, 0.3) is 0 Å². The van der Waals surface area contributed by atoms with E-state index in [1.54, 1.807) is 18.7 Å². The zero-order chi connectivity index (χ0) is 12.3. The average Bonchev–Trinajstić information content (AvgIpc) is 2.78. The second-order valence-corrected chi connectivity index (χ2v) is 4.95. The number of alkyl halides is 1. The fourth-order valence-corrected chi connectivity index (χ4v) is 1.82. The van der Waals surface area contributed by atoms with Gasteiger partial charge in [0.15, 0.2) is 0 Å². The Morgan fingerprint density at radius 1 is 1.41 bits per heavy atom. The molecular weight excluding hydrogens is 258 g/mol. The summed E-state index contributed by atoms with van der Waals surface area (Å²) in [6.45, 7) is 1.78. The second-order valence-electron chi connectivity index (χ2n) is 3.42. The number of nitrogens with one attached hydrogen (secondary N) is 1. The summed E-state index contributed by atoms with van der Waals surface area (Å²) in [6.07, 6.45) is 2.03. The van der Waals surface area contributed by atoms with Crippen LogP contribution in [0.1, 0.15) is 18.2 Å². The minimum Gasteiger partial charge on any atom is -0.406 e. The van der Waals surface area contributed by atoms with Gasteiger partial charge in [-0.2, -0.15) is 0 Å². The van der Waals surface area contributed by atoms with E-state index in [9.17, 15) is 0 Å². The molecule has 0 aliphatic rings. The van der Waals surface area contributed by atoms with Gasteiger partial charge in [-0.1, -0.05) is 11.2 Å². The van der Waals surface area contributed by atoms with Crippen molar-refractivity contribution in [2.75, 3.05) is 11.6 Å². The minimum absolute atomic E-state index is 0.282. The van der Waals surface area contributed by atoms with Crippen LogP contribution in [0.2, 0.25) is 0 Å². The highest BCUT2D eigenvalue weighted by Gasteiger charge is 2.10. The first kappa shape index (κ1) is 12.3. The number of benzene rings is 1. The van der Waals surface area contributed by atoms with E-state index in [1.165, 1.54) is 4.90 Å². The SMILES string of the molecule is CSc1cccc(Nc2nnc(C(C)Cl)o2)c1. The van der Waals surface area contributed by atoms with Gasteiger partial charge in [0.2, 0.25) is 5.89 Å². The molecule has 17 heavy (non-hydrogen) atoms. The maximum atomic E-state index is 5.84. The van der Waals surface area contributed by atoms with Crippen LogP contribution in [-0.2, 0) is 0 Å². The van der Waals surface area contributed by atoms with Gasteiger partial charge in [-0.05, 0) is 31.4 Å². The molecule has 1 N–H and O–H groups in total. The Morgan fingerprint density at radius 3 is 2.88 bits per heavy atom. The number of hydrogen-bond donors (Lipinski definition) is 1. The number of rotatable bonds is 4. The van der Waals surface area contributed by atoms with Gasteiger partial charge in [-0.25, -0.2) is 0 Å². The van der Waals surface area contributed by atoms with E-state index in [0.29, 0.717) is 11.9 Å². The van der Waals surface area contributed by atoms with E-state index in [1.807, 2.05) is 30.5 Å². The lowest BCUT2D eigenvalue weighted by Gasteiger charge is -2.02. The minimum atomic E-state index is -0.282. The maximum Gasteiger partial charge on any atom is 0.320 e. The number of nitrogens with zero attached hydrogens (tertiary/aromatic N) is 2. The standard InChI is InChI=1S/C11H12ClN3OS/c1-7(12)10-14-15-11(16-10)13-8-4-3-5-9(6-8)17-2/h3-7H,1-2H3,(H,13,15). The predicted molar refractivity (Wildman–Crippen MR) is 70.1 cm³/mol. The molecule has 90 valence electrons. The molecule has 0 fully saturated rings. The van der Waals surface area contributed by atoms with Crippen LogP contribution in [-0.4, -0.2) is 16.5 Å². The van der Waals surface area contributed by atoms with Gasteiger partial charge >= 0.3 is 6.01 Å². The molecule has 0 aliphatic heterocycles. The topological polar surface area (TPSA) is 51.0 Å². The fourth-order valence-electron chi connectivity index (χ4n) is 1.27. The van der Waals surface area contributed by atoms with Crippen molar-refractivity contribution in [3.63, 3.8) is 0 Å². The van der Waals surface area contributed by atoms with E-state index < -0.39 is 0 Å². The first-order valence-electron chi connectivity index (χ1n) is 5.07. The van der Waals surface area contributed by atoms with Crippen molar-refractivity contribution in [2.24, 2.45) is 0 Å². The van der Waals surface area contributed by atoms with Crippen LogP contribution in [0.4, 0.5) is 11.7 Å². The first-order chi connectivity index (χ1) is 8.19. The Morgan fingerprint density at radius 2 is 2.24 bits per heavy atom. The Bertz CT molecular complexity index is 501. The summed E-state index contributed by atoms with van der Waals surface area (Å²) in [5.41, 5.74) is 0.911. The molecule has 0 saturated heterocycles. The average molecular weight is 270 g/mol. The van der Waals surface area contributed by atoms with E-state index in [0.717, 1.165) is 5.69 Å². The molecule has 0 spiro atoms. The van der Waals surface area contributed by atoms with Gasteiger partial charge in [0, 0.05) is 10.6 Å². The molecule has 0 amide bonds. The van der Waals surface area contributed by atoms with Crippen LogP contribution in [0.5, 0.6) is 0 Å². The van der Waals surface area contributed by atoms with Gasteiger partial charge in [-0.3, -0.25) is 0 Å². The van der Waals surface area contributed by atoms with E-state index in [-0.39, 0.29) is 5.38 Å². The molecule has 1 aromatic carbocycles. The third-order valence-electron chi connectivity index (χ3n) is 2.10. The van der Waals surface area contributed by atoms with Gasteiger partial charge in [0.1, 0.15) is 5.38 Å². The molecule has 6 heteroatoms. The van der Waals surface area contributed by atoms with Crippen molar-refractivity contribution in [2.45, 2.75) is 17.2 Å². The van der Waals surface area contributed by atoms with Crippen molar-refractivity contribution < 1.29 is 4.42 Å². The third kappa shape index (κ3) is 3.14. The van der Waals surface area contributed by atoms with E-state index in [4.69, 9.17) is 16.0 Å². The van der Waals surface area contributed by atoms with Crippen molar-refractivity contribution >= 4 is 35.1 Å². The summed E-state index contributed by atoms with van der Waals surface area (Å²) < 4.78 is 5.35. The summed E-state index contributed by atoms with van der Waals surface area (Å²) in [7, 11) is 0. The van der Waals surface area contributed by atoms with E-state index in [2.05, 4.69) is 15.5 Å². The third-order valence-corrected chi connectivity index (χ3v) is 3.01. The summed E-state index contributed by atoms with van der Waals surface area (Å²) in [5.74, 6) is 0.412. The number of hydrogen-bond acceptors (Lipinski definition) is 5. The number of halogens is 1. The van der Waals surface area contributed by atoms with Crippen LogP contribution >= 0.6 is 23.4 Å². The largest absolute Gasteiger partial charge is 0.406 e. The Labute approximate surface area is 109 Å². The Kier molecular flexibility index (Phi) is 3.91. The van der Waals surface area contributed by atoms with Gasteiger partial charge in [0.05, 0.1) is 0 Å². The summed E-state index contributed by atoms with van der Waals surface area (Å²) in [5, 5.41) is 10.5. The van der Waals surface area contributed by atoms with Gasteiger partial charge in [-0.15, -0.1) is 28.5 Å². The molecule has 1 heterocycles. The highest BCUT2D eigenvalue weighted by molar-refractivity contribution is 7.98. The summed E-state index contributed by atoms with van der Waals surface area (Å²) in [6, 6.07) is 8.31. The zero-order valence-corrected chi connectivity index (χ0v) is 11.0. The van der Waals surface area contributed by atoms with Crippen LogP contribution in [0.15, 0.2) is 33.6 Å². The zero-order valence-electron chi connectivity index (χ0n) is 9.48. The van der Waals surface area contributed by atoms with Gasteiger partial charge in [0.25, 0.3) is 0 Å². The molecule has 0 radical (unpaired) electrons. The quantitative estimate of drug-likeness (QED) is 0.675. The monoisotopic (exact) mass is 269 g/mol. The Hall–Kier alpha value is -1.20. The highest BCUT2D eigenvalue weighted by atomic mass is 35.5. The normalized spacial score (nSPS) is 12.4. The maximum absolute atomic E-state index is 5.84. The predicted octanol–water partition coefficient (Wildman–Crippen LogP) is 3.83. The smallest absolute Gasteiger partial charge is 0.320 e. The molecule has 0 bridgehead atoms. The van der Waals surface area contributed by atoms with Crippen LogP contribution in [0, 0.1) is 0 Å². The first-order valence-corrected chi connectivity index (χ1v) is 6.73. The van der Waals surface area contributed by atoms with Crippen LogP contribution < -0.4 is 5.32 Å². The lowest BCUT2D eigenvalue weighted by Crippen LogP contribution is -1.90. The lowest BCUT2D eigenvalue weighted by molar-refractivity contribution is 0.510. The van der Waals surface area contributed by atoms with Crippen LogP contribution in [0.3, 0.4) is 0 Å².